The van der Waals surface area contributed by atoms with Crippen LogP contribution in [0, 0.1) is 0 Å². The van der Waals surface area contributed by atoms with Gasteiger partial charge >= 0.3 is 17.1 Å². The maximum absolute atomic E-state index is 10.1. The third-order valence-corrected chi connectivity index (χ3v) is 2.02. The van der Waals surface area contributed by atoms with Gasteiger partial charge in [0.05, 0.1) is 11.9 Å². The van der Waals surface area contributed by atoms with Gasteiger partial charge in [-0.2, -0.15) is 0 Å². The fourth-order valence-electron chi connectivity index (χ4n) is 1.15. The molecule has 27 heavy (non-hydrogen) atoms. The van der Waals surface area contributed by atoms with Gasteiger partial charge in [0, 0.05) is 28.4 Å². The second-order valence-electron chi connectivity index (χ2n) is 3.31. The van der Waals surface area contributed by atoms with Crippen LogP contribution in [0.15, 0.2) is 60.7 Å². The van der Waals surface area contributed by atoms with Crippen molar-refractivity contribution in [1.29, 1.82) is 0 Å². The Morgan fingerprint density at radius 1 is 0.556 bits per heavy atom. The second kappa shape index (κ2) is 31.5. The molecule has 0 fully saturated rings. The monoisotopic (exact) mass is 426 g/mol. The number of rotatable bonds is 2. The number of carboxylic acids is 2. The van der Waals surface area contributed by atoms with E-state index < -0.39 is 11.9 Å². The predicted molar refractivity (Wildman–Crippen MR) is 94.1 cm³/mol. The van der Waals surface area contributed by atoms with Crippen molar-refractivity contribution in [1.82, 2.24) is 0 Å². The molecule has 8 nitrogen and oxygen atoms in total. The van der Waals surface area contributed by atoms with Crippen molar-refractivity contribution in [3.8, 4) is 0 Å². The molecule has 2 aromatic carbocycles. The molecule has 2 aromatic rings. The fourth-order valence-corrected chi connectivity index (χ4v) is 1.15. The van der Waals surface area contributed by atoms with Crippen LogP contribution in [-0.2, 0) is 17.1 Å². The van der Waals surface area contributed by atoms with E-state index in [1.54, 1.807) is 36.4 Å². The van der Waals surface area contributed by atoms with Crippen molar-refractivity contribution in [3.05, 3.63) is 71.8 Å². The van der Waals surface area contributed by atoms with E-state index in [-0.39, 0.29) is 28.2 Å². The first-order valence-corrected chi connectivity index (χ1v) is 6.93. The molecule has 0 unspecified atom stereocenters. The average Bonchev–Trinajstić information content (AvgIpc) is 2.75. The first kappa shape index (κ1) is 35.8. The van der Waals surface area contributed by atoms with Crippen LogP contribution in [0.2, 0.25) is 0 Å². The van der Waals surface area contributed by atoms with Crippen LogP contribution in [0.5, 0.6) is 0 Å². The van der Waals surface area contributed by atoms with Gasteiger partial charge in [0.25, 0.3) is 0 Å². The Kier molecular flexibility index (Phi) is 41.8. The van der Waals surface area contributed by atoms with Crippen LogP contribution in [0.1, 0.15) is 20.7 Å². The van der Waals surface area contributed by atoms with E-state index in [2.05, 4.69) is 0 Å². The van der Waals surface area contributed by atoms with Crippen LogP contribution in [0.3, 0.4) is 0 Å². The number of aliphatic hydroxyl groups excluding tert-OH is 4. The zero-order valence-corrected chi connectivity index (χ0v) is 16.7. The van der Waals surface area contributed by atoms with Gasteiger partial charge in [-0.05, 0) is 11.1 Å². The van der Waals surface area contributed by atoms with E-state index in [4.69, 9.17) is 20.4 Å². The number of carbonyl (C=O) groups excluding carboxylic acids is 2. The number of hydrogen-bond donors (Lipinski definition) is 4. The number of hydrogen-bond acceptors (Lipinski definition) is 8. The maximum atomic E-state index is 10.1. The molecule has 154 valence electrons. The summed E-state index contributed by atoms with van der Waals surface area (Å²) < 4.78 is 0. The molecule has 0 aliphatic heterocycles. The number of benzene rings is 2. The Morgan fingerprint density at radius 2 is 0.741 bits per heavy atom. The third kappa shape index (κ3) is 23.7. The zero-order valence-electron chi connectivity index (χ0n) is 15.5. The van der Waals surface area contributed by atoms with Gasteiger partial charge in [-0.15, -0.1) is 0 Å². The van der Waals surface area contributed by atoms with Crippen molar-refractivity contribution in [3.63, 3.8) is 0 Å². The molecule has 0 saturated carbocycles. The molecule has 0 bridgehead atoms. The molecule has 0 atom stereocenters. The number of aromatic carboxylic acids is 2. The predicted octanol–water partition coefficient (Wildman–Crippen LogP) is -1.47. The summed E-state index contributed by atoms with van der Waals surface area (Å²) in [5, 5.41) is 48.2. The molecule has 0 aromatic heterocycles. The van der Waals surface area contributed by atoms with Crippen LogP contribution < -0.4 is 10.2 Å². The molecule has 9 heteroatoms. The molecule has 0 heterocycles. The van der Waals surface area contributed by atoms with Crippen molar-refractivity contribution >= 4 is 11.9 Å². The van der Waals surface area contributed by atoms with Crippen molar-refractivity contribution < 1.29 is 57.3 Å². The minimum Gasteiger partial charge on any atom is -0.545 e. The first-order valence-electron chi connectivity index (χ1n) is 6.93. The minimum absolute atomic E-state index is 0. The molecular weight excluding hydrogens is 400 g/mol. The third-order valence-electron chi connectivity index (χ3n) is 2.02. The van der Waals surface area contributed by atoms with Gasteiger partial charge in [-0.25, -0.2) is 0 Å². The average molecular weight is 426 g/mol. The largest absolute Gasteiger partial charge is 2.00 e. The molecule has 4 N–H and O–H groups in total. The number of aliphatic hydroxyl groups is 4. The Hall–Kier alpha value is -2.26. The topological polar surface area (TPSA) is 161 Å². The molecule has 2 rings (SSSR count). The van der Waals surface area contributed by atoms with Crippen LogP contribution in [0.4, 0.5) is 0 Å². The summed E-state index contributed by atoms with van der Waals surface area (Å²) in [6.07, 6.45) is 0. The minimum atomic E-state index is -1.13. The SMILES string of the molecule is CO.CO.CO.CO.O=C([O-])c1ccccc1.O=C([O-])c1ccccc1.[Fe+2]. The Labute approximate surface area is 169 Å². The molecule has 0 radical (unpaired) electrons. The van der Waals surface area contributed by atoms with Gasteiger partial charge in [-0.3, -0.25) is 0 Å². The summed E-state index contributed by atoms with van der Waals surface area (Å²) in [7, 11) is 4.00. The van der Waals surface area contributed by atoms with E-state index in [9.17, 15) is 19.8 Å². The summed E-state index contributed by atoms with van der Waals surface area (Å²) in [4.78, 5) is 20.2. The van der Waals surface area contributed by atoms with Crippen LogP contribution >= 0.6 is 0 Å². The van der Waals surface area contributed by atoms with E-state index in [1.807, 2.05) is 0 Å². The quantitative estimate of drug-likeness (QED) is 0.424. The Balaban J connectivity index is -0.0000000851. The van der Waals surface area contributed by atoms with Crippen LogP contribution in [-0.4, -0.2) is 60.8 Å². The summed E-state index contributed by atoms with van der Waals surface area (Å²) in [5.74, 6) is -2.26. The van der Waals surface area contributed by atoms with E-state index in [0.717, 1.165) is 28.4 Å². The molecule has 0 saturated heterocycles. The second-order valence-corrected chi connectivity index (χ2v) is 3.31. The van der Waals surface area contributed by atoms with Gasteiger partial charge in [0.15, 0.2) is 0 Å². The van der Waals surface area contributed by atoms with Crippen molar-refractivity contribution in [2.75, 3.05) is 28.4 Å². The van der Waals surface area contributed by atoms with Gasteiger partial charge in [0.1, 0.15) is 0 Å². The Morgan fingerprint density at radius 3 is 0.852 bits per heavy atom. The fraction of sp³-hybridized carbons (Fsp3) is 0.222. The molecule has 0 spiro atoms. The molecule has 0 aliphatic rings. The zero-order chi connectivity index (χ0) is 21.4. The summed E-state index contributed by atoms with van der Waals surface area (Å²) in [5.41, 5.74) is 0.440. The van der Waals surface area contributed by atoms with Gasteiger partial charge in [0.2, 0.25) is 0 Å². The van der Waals surface area contributed by atoms with Gasteiger partial charge in [-0.1, -0.05) is 60.7 Å². The first-order chi connectivity index (χ1) is 12.6. The molecular formula is C18H26FeO8. The van der Waals surface area contributed by atoms with E-state index in [1.165, 1.54) is 24.3 Å². The standard InChI is InChI=1S/2C7H6O2.4CH4O.Fe/c2*8-7(9)6-4-2-1-3-5-6;4*1-2;/h2*1-5H,(H,8,9);4*2H,1H3;/q;;;;;;+2/p-2. The smallest absolute Gasteiger partial charge is 0.545 e. The summed E-state index contributed by atoms with van der Waals surface area (Å²) >= 11 is 0. The van der Waals surface area contributed by atoms with Gasteiger partial charge < -0.3 is 40.2 Å². The maximum Gasteiger partial charge on any atom is 2.00 e. The molecule has 0 amide bonds. The van der Waals surface area contributed by atoms with Crippen LogP contribution in [0.25, 0.3) is 0 Å². The Bertz CT molecular complexity index is 472. The summed E-state index contributed by atoms with van der Waals surface area (Å²) in [6, 6.07) is 16.1. The van der Waals surface area contributed by atoms with Crippen molar-refractivity contribution in [2.45, 2.75) is 0 Å². The normalized spacial score (nSPS) is 6.81. The number of carbonyl (C=O) groups is 2. The molecule has 0 aliphatic carbocycles. The van der Waals surface area contributed by atoms with E-state index >= 15 is 0 Å². The number of carboxylic acid groups (broad SMARTS) is 2. The summed E-state index contributed by atoms with van der Waals surface area (Å²) in [6.45, 7) is 0. The van der Waals surface area contributed by atoms with Crippen molar-refractivity contribution in [2.24, 2.45) is 0 Å². The van der Waals surface area contributed by atoms with E-state index in [0.29, 0.717) is 0 Å².